The Morgan fingerprint density at radius 2 is 1.76 bits per heavy atom. The molecule has 8 nitrogen and oxygen atoms in total. The SMILES string of the molecule is CCOC(=O)c1ccc(C#CC(OCOC)(c2cn(Cc3ccccc3)c3cc([N+](=O)[O-])ccc23)C(F)(F)F)cc1. The number of carbonyl (C=O) groups is 1. The van der Waals surface area contributed by atoms with Gasteiger partial charge in [0.25, 0.3) is 11.3 Å². The summed E-state index contributed by atoms with van der Waals surface area (Å²) in [5.74, 6) is 4.24. The van der Waals surface area contributed by atoms with Gasteiger partial charge in [-0.1, -0.05) is 36.3 Å². The van der Waals surface area contributed by atoms with Gasteiger partial charge >= 0.3 is 12.1 Å². The Balaban J connectivity index is 1.92. The van der Waals surface area contributed by atoms with Crippen LogP contribution in [0.15, 0.2) is 79.0 Å². The molecule has 0 bridgehead atoms. The number of ether oxygens (including phenoxy) is 3. The highest BCUT2D eigenvalue weighted by atomic mass is 19.4. The second-order valence-corrected chi connectivity index (χ2v) is 8.89. The number of hydrogen-bond acceptors (Lipinski definition) is 6. The molecule has 0 N–H and O–H groups in total. The lowest BCUT2D eigenvalue weighted by Gasteiger charge is -2.30. The fourth-order valence-electron chi connectivity index (χ4n) is 4.28. The van der Waals surface area contributed by atoms with Crippen molar-refractivity contribution in [1.82, 2.24) is 4.57 Å². The molecule has 0 amide bonds. The average molecular weight is 567 g/mol. The van der Waals surface area contributed by atoms with Crippen molar-refractivity contribution >= 4 is 22.6 Å². The summed E-state index contributed by atoms with van der Waals surface area (Å²) in [4.78, 5) is 22.8. The molecule has 0 saturated carbocycles. The normalized spacial score (nSPS) is 12.8. The van der Waals surface area contributed by atoms with E-state index in [2.05, 4.69) is 11.8 Å². The van der Waals surface area contributed by atoms with Crippen molar-refractivity contribution in [1.29, 1.82) is 0 Å². The first kappa shape index (κ1) is 29.3. The number of halogens is 3. The van der Waals surface area contributed by atoms with Gasteiger partial charge in [0, 0.05) is 48.5 Å². The molecule has 4 aromatic rings. The van der Waals surface area contributed by atoms with Crippen molar-refractivity contribution < 1.29 is 37.1 Å². The summed E-state index contributed by atoms with van der Waals surface area (Å²) in [5, 5.41) is 11.6. The monoisotopic (exact) mass is 566 g/mol. The maximum Gasteiger partial charge on any atom is 0.433 e. The standard InChI is InChI=1S/C30H25F3N2O6/c1-3-40-28(36)23-11-9-21(10-12-23)15-16-29(30(31,32)33,41-20-39-2)26-19-34(18-22-7-5-4-6-8-22)27-17-24(35(37)38)13-14-25(26)27/h4-14,17,19H,3,18,20H2,1-2H3. The number of non-ortho nitro benzene ring substituents is 1. The Hall–Kier alpha value is -4.66. The molecular formula is C30H25F3N2O6. The number of nitro benzene ring substituents is 1. The maximum absolute atomic E-state index is 15.1. The molecule has 41 heavy (non-hydrogen) atoms. The zero-order valence-corrected chi connectivity index (χ0v) is 22.1. The Bertz CT molecular complexity index is 1600. The van der Waals surface area contributed by atoms with Crippen LogP contribution in [0.3, 0.4) is 0 Å². The lowest BCUT2D eigenvalue weighted by molar-refractivity contribution is -0.384. The minimum atomic E-state index is -5.06. The summed E-state index contributed by atoms with van der Waals surface area (Å²) in [5.41, 5.74) is -2.41. The van der Waals surface area contributed by atoms with Crippen LogP contribution in [-0.4, -0.2) is 42.1 Å². The first-order valence-electron chi connectivity index (χ1n) is 12.4. The smallest absolute Gasteiger partial charge is 0.433 e. The summed E-state index contributed by atoms with van der Waals surface area (Å²) in [6.07, 6.45) is -3.81. The van der Waals surface area contributed by atoms with Gasteiger partial charge in [-0.2, -0.15) is 13.2 Å². The zero-order chi connectivity index (χ0) is 29.6. The van der Waals surface area contributed by atoms with Gasteiger partial charge in [-0.25, -0.2) is 4.79 Å². The molecule has 1 aromatic heterocycles. The number of benzene rings is 3. The predicted octanol–water partition coefficient (Wildman–Crippen LogP) is 6.20. The van der Waals surface area contributed by atoms with Gasteiger partial charge in [0.15, 0.2) is 0 Å². The Labute approximate surface area is 233 Å². The third-order valence-electron chi connectivity index (χ3n) is 6.22. The largest absolute Gasteiger partial charge is 0.462 e. The molecule has 1 heterocycles. The predicted molar refractivity (Wildman–Crippen MR) is 144 cm³/mol. The molecule has 1 unspecified atom stereocenters. The second kappa shape index (κ2) is 12.2. The van der Waals surface area contributed by atoms with Gasteiger partial charge in [0.1, 0.15) is 6.79 Å². The highest BCUT2D eigenvalue weighted by Crippen LogP contribution is 2.46. The van der Waals surface area contributed by atoms with E-state index in [0.717, 1.165) is 11.6 Å². The van der Waals surface area contributed by atoms with E-state index in [1.807, 2.05) is 0 Å². The van der Waals surface area contributed by atoms with E-state index in [1.54, 1.807) is 37.3 Å². The molecule has 212 valence electrons. The number of nitrogens with zero attached hydrogens (tertiary/aromatic N) is 2. The fourth-order valence-corrected chi connectivity index (χ4v) is 4.28. The summed E-state index contributed by atoms with van der Waals surface area (Å²) in [7, 11) is 1.19. The number of rotatable bonds is 9. The van der Waals surface area contributed by atoms with Crippen molar-refractivity contribution in [3.63, 3.8) is 0 Å². The van der Waals surface area contributed by atoms with Crippen LogP contribution >= 0.6 is 0 Å². The summed E-state index contributed by atoms with van der Waals surface area (Å²) >= 11 is 0. The van der Waals surface area contributed by atoms with Crippen LogP contribution < -0.4 is 0 Å². The van der Waals surface area contributed by atoms with E-state index in [1.165, 1.54) is 54.3 Å². The number of hydrogen-bond donors (Lipinski definition) is 0. The first-order chi connectivity index (χ1) is 19.6. The van der Waals surface area contributed by atoms with Crippen LogP contribution in [0.1, 0.15) is 34.0 Å². The molecule has 0 aliphatic heterocycles. The average Bonchev–Trinajstić information content (AvgIpc) is 3.31. The highest BCUT2D eigenvalue weighted by Gasteiger charge is 2.58. The minimum absolute atomic E-state index is 0.0759. The molecular weight excluding hydrogens is 541 g/mol. The van der Waals surface area contributed by atoms with Crippen LogP contribution in [0, 0.1) is 22.0 Å². The molecule has 0 aliphatic carbocycles. The summed E-state index contributed by atoms with van der Waals surface area (Å²) in [6.45, 7) is 1.23. The van der Waals surface area contributed by atoms with Crippen molar-refractivity contribution in [3.05, 3.63) is 111 Å². The van der Waals surface area contributed by atoms with E-state index in [0.29, 0.717) is 0 Å². The van der Waals surface area contributed by atoms with E-state index in [-0.39, 0.29) is 46.4 Å². The first-order valence-corrected chi connectivity index (χ1v) is 12.4. The molecule has 0 saturated heterocycles. The van der Waals surface area contributed by atoms with Gasteiger partial charge in [-0.05, 0) is 48.7 Å². The molecule has 0 aliphatic rings. The Morgan fingerprint density at radius 1 is 1.05 bits per heavy atom. The Morgan fingerprint density at radius 3 is 2.37 bits per heavy atom. The third-order valence-corrected chi connectivity index (χ3v) is 6.22. The lowest BCUT2D eigenvalue weighted by atomic mass is 9.92. The van der Waals surface area contributed by atoms with Crippen molar-refractivity contribution in [2.75, 3.05) is 20.5 Å². The van der Waals surface area contributed by atoms with Gasteiger partial charge in [0.2, 0.25) is 0 Å². The molecule has 0 radical (unpaired) electrons. The van der Waals surface area contributed by atoms with E-state index < -0.39 is 29.5 Å². The lowest BCUT2D eigenvalue weighted by Crippen LogP contribution is -2.44. The summed E-state index contributed by atoms with van der Waals surface area (Å²) in [6, 6.07) is 18.2. The number of alkyl halides is 3. The van der Waals surface area contributed by atoms with E-state index >= 15 is 13.2 Å². The molecule has 1 atom stereocenters. The maximum atomic E-state index is 15.1. The quantitative estimate of drug-likeness (QED) is 0.0787. The number of aromatic nitrogens is 1. The zero-order valence-electron chi connectivity index (χ0n) is 22.1. The Kier molecular flexibility index (Phi) is 8.76. The van der Waals surface area contributed by atoms with Crippen LogP contribution in [0.25, 0.3) is 10.9 Å². The van der Waals surface area contributed by atoms with Gasteiger partial charge in [-0.15, -0.1) is 0 Å². The van der Waals surface area contributed by atoms with Crippen LogP contribution in [0.2, 0.25) is 0 Å². The number of carbonyl (C=O) groups excluding carboxylic acids is 1. The third kappa shape index (κ3) is 6.24. The number of nitro groups is 1. The van der Waals surface area contributed by atoms with Crippen molar-refractivity contribution in [2.24, 2.45) is 0 Å². The minimum Gasteiger partial charge on any atom is -0.462 e. The van der Waals surface area contributed by atoms with Crippen molar-refractivity contribution in [3.8, 4) is 11.8 Å². The van der Waals surface area contributed by atoms with E-state index in [9.17, 15) is 14.9 Å². The van der Waals surface area contributed by atoms with Crippen LogP contribution in [-0.2, 0) is 26.4 Å². The number of methoxy groups -OCH3 is 1. The molecule has 4 rings (SSSR count). The highest BCUT2D eigenvalue weighted by molar-refractivity contribution is 5.89. The summed E-state index contributed by atoms with van der Waals surface area (Å²) < 4.78 is 61.8. The van der Waals surface area contributed by atoms with Crippen LogP contribution in [0.4, 0.5) is 18.9 Å². The van der Waals surface area contributed by atoms with Gasteiger partial charge in [0.05, 0.1) is 22.6 Å². The molecule has 11 heteroatoms. The second-order valence-electron chi connectivity index (χ2n) is 8.89. The molecule has 0 spiro atoms. The van der Waals surface area contributed by atoms with E-state index in [4.69, 9.17) is 14.2 Å². The van der Waals surface area contributed by atoms with Crippen molar-refractivity contribution in [2.45, 2.75) is 25.2 Å². The molecule has 3 aromatic carbocycles. The van der Waals surface area contributed by atoms with Gasteiger partial charge < -0.3 is 18.8 Å². The van der Waals surface area contributed by atoms with Crippen LogP contribution in [0.5, 0.6) is 0 Å². The topological polar surface area (TPSA) is 92.8 Å². The fraction of sp³-hybridized carbons (Fsp3) is 0.233. The van der Waals surface area contributed by atoms with Gasteiger partial charge in [-0.3, -0.25) is 10.1 Å². The number of esters is 1. The molecule has 0 fully saturated rings. The number of fused-ring (bicyclic) bond motifs is 1.